The van der Waals surface area contributed by atoms with Gasteiger partial charge in [0.2, 0.25) is 15.9 Å². The van der Waals surface area contributed by atoms with Gasteiger partial charge in [0, 0.05) is 13.1 Å². The summed E-state index contributed by atoms with van der Waals surface area (Å²) in [6, 6.07) is 5.36. The smallest absolute Gasteiger partial charge is 0.214 e. The van der Waals surface area contributed by atoms with E-state index in [9.17, 15) is 8.42 Å². The Morgan fingerprint density at radius 3 is 2.67 bits per heavy atom. The van der Waals surface area contributed by atoms with Gasteiger partial charge in [0.05, 0.1) is 24.6 Å². The monoisotopic (exact) mass is 272 g/mol. The lowest BCUT2D eigenvalue weighted by Crippen LogP contribution is -2.29. The maximum Gasteiger partial charge on any atom is 0.214 e. The van der Waals surface area contributed by atoms with Crippen LogP contribution in [0, 0.1) is 0 Å². The molecule has 0 radical (unpaired) electrons. The van der Waals surface area contributed by atoms with E-state index >= 15 is 0 Å². The molecule has 0 N–H and O–H groups in total. The molecule has 0 bridgehead atoms. The van der Waals surface area contributed by atoms with E-state index in [1.54, 1.807) is 19.2 Å². The van der Waals surface area contributed by atoms with E-state index in [1.807, 2.05) is 19.9 Å². The lowest BCUT2D eigenvalue weighted by Gasteiger charge is -2.16. The highest BCUT2D eigenvalue weighted by atomic mass is 32.2. The molecule has 1 aromatic rings. The molecule has 0 aliphatic heterocycles. The summed E-state index contributed by atoms with van der Waals surface area (Å²) in [6.45, 7) is 4.54. The number of aromatic nitrogens is 1. The maximum absolute atomic E-state index is 11.8. The van der Waals surface area contributed by atoms with Crippen LogP contribution in [0.3, 0.4) is 0 Å². The molecule has 0 spiro atoms. The van der Waals surface area contributed by atoms with Gasteiger partial charge in [-0.2, -0.15) is 4.31 Å². The van der Waals surface area contributed by atoms with Gasteiger partial charge in [0.1, 0.15) is 0 Å². The summed E-state index contributed by atoms with van der Waals surface area (Å²) in [7, 11) is -1.61. The first kappa shape index (κ1) is 14.9. The standard InChI is InChI=1S/C12H20N2O3S/c1-4-9-18(15,16)14(3)10-11-7-6-8-12(13-11)17-5-2/h6-8H,4-5,9-10H2,1-3H3. The molecule has 0 fully saturated rings. The lowest BCUT2D eigenvalue weighted by atomic mass is 10.3. The molecule has 0 saturated heterocycles. The minimum Gasteiger partial charge on any atom is -0.478 e. The van der Waals surface area contributed by atoms with Crippen molar-refractivity contribution in [2.24, 2.45) is 0 Å². The number of sulfonamides is 1. The molecule has 0 amide bonds. The third kappa shape index (κ3) is 4.27. The van der Waals surface area contributed by atoms with Crippen LogP contribution in [0.15, 0.2) is 18.2 Å². The lowest BCUT2D eigenvalue weighted by molar-refractivity contribution is 0.324. The fraction of sp³-hybridized carbons (Fsp3) is 0.583. The highest BCUT2D eigenvalue weighted by molar-refractivity contribution is 7.89. The zero-order valence-electron chi connectivity index (χ0n) is 11.1. The van der Waals surface area contributed by atoms with E-state index < -0.39 is 10.0 Å². The Hall–Kier alpha value is -1.14. The molecule has 6 heteroatoms. The summed E-state index contributed by atoms with van der Waals surface area (Å²) in [5.41, 5.74) is 0.683. The Labute approximate surface area is 109 Å². The van der Waals surface area contributed by atoms with Crippen LogP contribution >= 0.6 is 0 Å². The predicted octanol–water partition coefficient (Wildman–Crippen LogP) is 1.65. The van der Waals surface area contributed by atoms with Crippen LogP contribution in [0.2, 0.25) is 0 Å². The van der Waals surface area contributed by atoms with Crippen molar-refractivity contribution in [3.63, 3.8) is 0 Å². The van der Waals surface area contributed by atoms with Gasteiger partial charge in [-0.15, -0.1) is 0 Å². The summed E-state index contributed by atoms with van der Waals surface area (Å²) >= 11 is 0. The van der Waals surface area contributed by atoms with Crippen LogP contribution in [0.4, 0.5) is 0 Å². The quantitative estimate of drug-likeness (QED) is 0.757. The Bertz CT molecular complexity index is 474. The van der Waals surface area contributed by atoms with Crippen molar-refractivity contribution in [2.75, 3.05) is 19.4 Å². The topological polar surface area (TPSA) is 59.5 Å². The van der Waals surface area contributed by atoms with Crippen molar-refractivity contribution >= 4 is 10.0 Å². The molecule has 0 atom stereocenters. The van der Waals surface area contributed by atoms with Gasteiger partial charge in [0.25, 0.3) is 0 Å². The number of rotatable bonds is 7. The summed E-state index contributed by atoms with van der Waals surface area (Å²) in [5, 5.41) is 0. The van der Waals surface area contributed by atoms with Crippen LogP contribution in [0.1, 0.15) is 26.0 Å². The molecule has 0 saturated carbocycles. The van der Waals surface area contributed by atoms with Crippen molar-refractivity contribution < 1.29 is 13.2 Å². The Kier molecular flexibility index (Phi) is 5.55. The van der Waals surface area contributed by atoms with Gasteiger partial charge in [-0.05, 0) is 19.4 Å². The first-order valence-corrected chi connectivity index (χ1v) is 7.63. The molecule has 5 nitrogen and oxygen atoms in total. The fourth-order valence-electron chi connectivity index (χ4n) is 1.51. The number of hydrogen-bond acceptors (Lipinski definition) is 4. The molecule has 1 aromatic heterocycles. The normalized spacial score (nSPS) is 11.8. The molecule has 18 heavy (non-hydrogen) atoms. The number of pyridine rings is 1. The molecular weight excluding hydrogens is 252 g/mol. The van der Waals surface area contributed by atoms with Crippen molar-refractivity contribution in [1.82, 2.24) is 9.29 Å². The van der Waals surface area contributed by atoms with E-state index in [2.05, 4.69) is 4.98 Å². The first-order chi connectivity index (χ1) is 8.49. The van der Waals surface area contributed by atoms with Gasteiger partial charge in [-0.25, -0.2) is 13.4 Å². The molecule has 0 aromatic carbocycles. The molecule has 0 aliphatic carbocycles. The van der Waals surface area contributed by atoms with Crippen LogP contribution in [0.5, 0.6) is 5.88 Å². The van der Waals surface area contributed by atoms with E-state index in [0.29, 0.717) is 24.6 Å². The van der Waals surface area contributed by atoms with E-state index in [1.165, 1.54) is 4.31 Å². The van der Waals surface area contributed by atoms with E-state index in [-0.39, 0.29) is 12.3 Å². The fourth-order valence-corrected chi connectivity index (χ4v) is 2.67. The largest absolute Gasteiger partial charge is 0.478 e. The van der Waals surface area contributed by atoms with Crippen LogP contribution < -0.4 is 4.74 Å². The third-order valence-electron chi connectivity index (χ3n) is 2.40. The van der Waals surface area contributed by atoms with E-state index in [4.69, 9.17) is 4.74 Å². The van der Waals surface area contributed by atoms with Crippen molar-refractivity contribution in [3.8, 4) is 5.88 Å². The average Bonchev–Trinajstić information content (AvgIpc) is 2.29. The minimum atomic E-state index is -3.18. The zero-order chi connectivity index (χ0) is 13.6. The third-order valence-corrected chi connectivity index (χ3v) is 4.40. The summed E-state index contributed by atoms with van der Waals surface area (Å²) in [6.07, 6.45) is 0.610. The summed E-state index contributed by atoms with van der Waals surface area (Å²) in [4.78, 5) is 4.25. The van der Waals surface area contributed by atoms with Crippen molar-refractivity contribution in [1.29, 1.82) is 0 Å². The van der Waals surface area contributed by atoms with Gasteiger partial charge in [0.15, 0.2) is 0 Å². The molecule has 102 valence electrons. The van der Waals surface area contributed by atoms with Gasteiger partial charge < -0.3 is 4.74 Å². The molecule has 0 unspecified atom stereocenters. The van der Waals surface area contributed by atoms with Crippen LogP contribution in [0.25, 0.3) is 0 Å². The molecular formula is C12H20N2O3S. The number of ether oxygens (including phenoxy) is 1. The Balaban J connectivity index is 2.75. The van der Waals surface area contributed by atoms with E-state index in [0.717, 1.165) is 0 Å². The zero-order valence-corrected chi connectivity index (χ0v) is 11.9. The number of hydrogen-bond donors (Lipinski definition) is 0. The highest BCUT2D eigenvalue weighted by Gasteiger charge is 2.17. The van der Waals surface area contributed by atoms with Crippen LogP contribution in [-0.4, -0.2) is 37.1 Å². The minimum absolute atomic E-state index is 0.161. The highest BCUT2D eigenvalue weighted by Crippen LogP contribution is 2.11. The molecule has 1 heterocycles. The Morgan fingerprint density at radius 2 is 2.06 bits per heavy atom. The summed E-state index contributed by atoms with van der Waals surface area (Å²) in [5.74, 6) is 0.686. The second-order valence-electron chi connectivity index (χ2n) is 3.97. The SMILES string of the molecule is CCCS(=O)(=O)N(C)Cc1cccc(OCC)n1. The van der Waals surface area contributed by atoms with Gasteiger partial charge in [-0.1, -0.05) is 13.0 Å². The molecule has 1 rings (SSSR count). The summed E-state index contributed by atoms with van der Waals surface area (Å²) < 4.78 is 30.2. The maximum atomic E-state index is 11.8. The van der Waals surface area contributed by atoms with Gasteiger partial charge >= 0.3 is 0 Å². The first-order valence-electron chi connectivity index (χ1n) is 6.02. The second-order valence-corrected chi connectivity index (χ2v) is 6.17. The predicted molar refractivity (Wildman–Crippen MR) is 71.0 cm³/mol. The van der Waals surface area contributed by atoms with Crippen molar-refractivity contribution in [3.05, 3.63) is 23.9 Å². The van der Waals surface area contributed by atoms with Crippen molar-refractivity contribution in [2.45, 2.75) is 26.8 Å². The average molecular weight is 272 g/mol. The molecule has 0 aliphatic rings. The second kappa shape index (κ2) is 6.70. The Morgan fingerprint density at radius 1 is 1.33 bits per heavy atom. The number of nitrogens with zero attached hydrogens (tertiary/aromatic N) is 2. The van der Waals surface area contributed by atoms with Crippen LogP contribution in [-0.2, 0) is 16.6 Å². The van der Waals surface area contributed by atoms with Gasteiger partial charge in [-0.3, -0.25) is 0 Å².